The summed E-state index contributed by atoms with van der Waals surface area (Å²) in [4.78, 5) is 26.4. The predicted molar refractivity (Wildman–Crippen MR) is 101 cm³/mol. The van der Waals surface area contributed by atoms with Crippen molar-refractivity contribution < 1.29 is 19.1 Å². The first kappa shape index (κ1) is 19.9. The van der Waals surface area contributed by atoms with Crippen molar-refractivity contribution in [2.45, 2.75) is 51.4 Å². The summed E-state index contributed by atoms with van der Waals surface area (Å²) in [6.45, 7) is 11.6. The van der Waals surface area contributed by atoms with Gasteiger partial charge >= 0.3 is 6.09 Å². The van der Waals surface area contributed by atoms with Gasteiger partial charge in [0.1, 0.15) is 12.7 Å². The lowest BCUT2D eigenvalue weighted by Gasteiger charge is -2.27. The van der Waals surface area contributed by atoms with Crippen LogP contribution in [0.4, 0.5) is 4.79 Å². The van der Waals surface area contributed by atoms with Gasteiger partial charge in [-0.05, 0) is 25.3 Å². The van der Waals surface area contributed by atoms with Crippen LogP contribution in [0.5, 0.6) is 0 Å². The third-order valence-corrected chi connectivity index (χ3v) is 4.42. The smallest absolute Gasteiger partial charge is 0.417 e. The molecule has 1 aliphatic heterocycles. The van der Waals surface area contributed by atoms with E-state index in [2.05, 4.69) is 13.2 Å². The maximum Gasteiger partial charge on any atom is 0.417 e. The molecule has 0 spiro atoms. The molecule has 2 amide bonds. The number of benzene rings is 1. The minimum atomic E-state index is -0.780. The number of carbonyl (C=O) groups is 2. The zero-order chi connectivity index (χ0) is 19.1. The topological polar surface area (TPSA) is 55.8 Å². The van der Waals surface area contributed by atoms with Gasteiger partial charge in [-0.3, -0.25) is 4.79 Å². The summed E-state index contributed by atoms with van der Waals surface area (Å²) < 4.78 is 11.1. The summed E-state index contributed by atoms with van der Waals surface area (Å²) in [5.74, 6) is -0.381. The molecule has 0 saturated carbocycles. The van der Waals surface area contributed by atoms with Gasteiger partial charge < -0.3 is 9.47 Å². The minimum Gasteiger partial charge on any atom is -0.447 e. The molecule has 2 rings (SSSR count). The van der Waals surface area contributed by atoms with Crippen LogP contribution in [-0.2, 0) is 20.7 Å². The number of amides is 2. The molecule has 0 N–H and O–H groups in total. The molecule has 1 aliphatic rings. The van der Waals surface area contributed by atoms with Crippen LogP contribution >= 0.6 is 0 Å². The maximum atomic E-state index is 13.0. The molecule has 1 saturated heterocycles. The lowest BCUT2D eigenvalue weighted by molar-refractivity contribution is -0.144. The van der Waals surface area contributed by atoms with Gasteiger partial charge in [-0.25, -0.2) is 9.69 Å². The minimum absolute atomic E-state index is 0.192. The average molecular weight is 357 g/mol. The average Bonchev–Trinajstić information content (AvgIpc) is 2.98. The van der Waals surface area contributed by atoms with Crippen LogP contribution in [0.15, 0.2) is 55.1 Å². The van der Waals surface area contributed by atoms with E-state index in [1.807, 2.05) is 44.2 Å². The zero-order valence-corrected chi connectivity index (χ0v) is 15.5. The lowest BCUT2D eigenvalue weighted by Crippen LogP contribution is -2.47. The van der Waals surface area contributed by atoms with Crippen LogP contribution in [0, 0.1) is 0 Å². The quantitative estimate of drug-likeness (QED) is 0.629. The van der Waals surface area contributed by atoms with Gasteiger partial charge in [0.05, 0.1) is 12.1 Å². The highest BCUT2D eigenvalue weighted by Crippen LogP contribution is 2.22. The highest BCUT2D eigenvalue weighted by atomic mass is 16.6. The van der Waals surface area contributed by atoms with Crippen LogP contribution in [0.1, 0.15) is 32.3 Å². The molecular weight excluding hydrogens is 330 g/mol. The van der Waals surface area contributed by atoms with Crippen LogP contribution in [0.25, 0.3) is 0 Å². The van der Waals surface area contributed by atoms with Crippen molar-refractivity contribution >= 4 is 12.0 Å². The summed E-state index contributed by atoms with van der Waals surface area (Å²) >= 11 is 0. The monoisotopic (exact) mass is 357 g/mol. The van der Waals surface area contributed by atoms with Gasteiger partial charge in [0.25, 0.3) is 5.91 Å². The Kier molecular flexibility index (Phi) is 7.16. The van der Waals surface area contributed by atoms with E-state index in [4.69, 9.17) is 9.47 Å². The van der Waals surface area contributed by atoms with E-state index < -0.39 is 12.2 Å². The first-order chi connectivity index (χ1) is 12.5. The van der Waals surface area contributed by atoms with E-state index in [0.717, 1.165) is 11.1 Å². The zero-order valence-electron chi connectivity index (χ0n) is 15.5. The SMILES string of the molecule is C=CC[C@@H](O[C@H](CC)C(=C)C)C(=O)N1C(=O)OC[C@@H]1Cc1ccccc1. The second-order valence-corrected chi connectivity index (χ2v) is 6.52. The Balaban J connectivity index is 2.16. The van der Waals surface area contributed by atoms with Gasteiger partial charge in [0.2, 0.25) is 0 Å². The molecule has 3 atom stereocenters. The van der Waals surface area contributed by atoms with Crippen molar-refractivity contribution in [3.8, 4) is 0 Å². The first-order valence-electron chi connectivity index (χ1n) is 8.93. The fraction of sp³-hybridized carbons (Fsp3) is 0.429. The summed E-state index contributed by atoms with van der Waals surface area (Å²) in [6, 6.07) is 9.40. The van der Waals surface area contributed by atoms with Gasteiger partial charge in [-0.2, -0.15) is 0 Å². The Morgan fingerprint density at radius 2 is 2.08 bits per heavy atom. The second-order valence-electron chi connectivity index (χ2n) is 6.52. The number of nitrogens with zero attached hydrogens (tertiary/aromatic N) is 1. The predicted octanol–water partition coefficient (Wildman–Crippen LogP) is 3.89. The van der Waals surface area contributed by atoms with E-state index in [1.54, 1.807) is 6.08 Å². The van der Waals surface area contributed by atoms with Crippen molar-refractivity contribution in [3.05, 3.63) is 60.7 Å². The molecule has 1 heterocycles. The van der Waals surface area contributed by atoms with Crippen molar-refractivity contribution in [1.82, 2.24) is 4.90 Å². The maximum absolute atomic E-state index is 13.0. The van der Waals surface area contributed by atoms with Crippen molar-refractivity contribution in [1.29, 1.82) is 0 Å². The van der Waals surface area contributed by atoms with Gasteiger partial charge in [-0.15, -0.1) is 6.58 Å². The summed E-state index contributed by atoms with van der Waals surface area (Å²) in [5.41, 5.74) is 1.89. The molecule has 1 aromatic rings. The molecule has 0 unspecified atom stereocenters. The normalized spacial score (nSPS) is 18.9. The van der Waals surface area contributed by atoms with Crippen molar-refractivity contribution in [2.75, 3.05) is 6.61 Å². The number of ether oxygens (including phenoxy) is 2. The molecule has 26 heavy (non-hydrogen) atoms. The molecule has 5 nitrogen and oxygen atoms in total. The Morgan fingerprint density at radius 3 is 2.65 bits per heavy atom. The van der Waals surface area contributed by atoms with Crippen LogP contribution in [0.3, 0.4) is 0 Å². The standard InChI is InChI=1S/C21H27NO4/c1-5-10-19(26-18(6-2)15(3)4)20(23)22-17(14-25-21(22)24)13-16-11-8-7-9-12-16/h5,7-9,11-12,17-19H,1,3,6,10,13-14H2,2,4H3/t17-,18+,19+/m0/s1. The first-order valence-corrected chi connectivity index (χ1v) is 8.93. The highest BCUT2D eigenvalue weighted by Gasteiger charge is 2.41. The lowest BCUT2D eigenvalue weighted by atomic mass is 10.0. The second kappa shape index (κ2) is 9.34. The van der Waals surface area contributed by atoms with E-state index in [9.17, 15) is 9.59 Å². The molecule has 0 bridgehead atoms. The Hall–Kier alpha value is -2.40. The third-order valence-electron chi connectivity index (χ3n) is 4.42. The Labute approximate surface area is 155 Å². The van der Waals surface area contributed by atoms with Gasteiger partial charge in [-0.1, -0.05) is 55.5 Å². The van der Waals surface area contributed by atoms with E-state index >= 15 is 0 Å². The van der Waals surface area contributed by atoms with Crippen molar-refractivity contribution in [3.63, 3.8) is 0 Å². The molecule has 1 aromatic carbocycles. The molecular formula is C21H27NO4. The molecule has 0 aromatic heterocycles. The van der Waals surface area contributed by atoms with Gasteiger partial charge in [0.15, 0.2) is 0 Å². The Morgan fingerprint density at radius 1 is 1.38 bits per heavy atom. The van der Waals surface area contributed by atoms with E-state index in [1.165, 1.54) is 4.90 Å². The fourth-order valence-electron chi connectivity index (χ4n) is 3.05. The molecule has 0 aliphatic carbocycles. The van der Waals surface area contributed by atoms with E-state index in [0.29, 0.717) is 19.3 Å². The fourth-order valence-corrected chi connectivity index (χ4v) is 3.05. The highest BCUT2D eigenvalue weighted by molar-refractivity contribution is 5.96. The van der Waals surface area contributed by atoms with Crippen LogP contribution in [0.2, 0.25) is 0 Å². The number of imide groups is 1. The number of carbonyl (C=O) groups excluding carboxylic acids is 2. The molecule has 0 radical (unpaired) electrons. The summed E-state index contributed by atoms with van der Waals surface area (Å²) in [6.07, 6.45) is 1.57. The molecule has 140 valence electrons. The van der Waals surface area contributed by atoms with Crippen LogP contribution in [-0.4, -0.2) is 41.8 Å². The number of rotatable bonds is 9. The van der Waals surface area contributed by atoms with Gasteiger partial charge in [0, 0.05) is 6.42 Å². The number of cyclic esters (lactones) is 1. The third kappa shape index (κ3) is 4.82. The number of hydrogen-bond donors (Lipinski definition) is 0. The summed E-state index contributed by atoms with van der Waals surface area (Å²) in [5, 5.41) is 0. The summed E-state index contributed by atoms with van der Waals surface area (Å²) in [7, 11) is 0. The number of hydrogen-bond acceptors (Lipinski definition) is 4. The van der Waals surface area contributed by atoms with Crippen molar-refractivity contribution in [2.24, 2.45) is 0 Å². The Bertz CT molecular complexity index is 655. The molecule has 5 heteroatoms. The molecule has 1 fully saturated rings. The van der Waals surface area contributed by atoms with Crippen LogP contribution < -0.4 is 0 Å². The van der Waals surface area contributed by atoms with E-state index in [-0.39, 0.29) is 24.7 Å². The largest absolute Gasteiger partial charge is 0.447 e.